The molecule has 0 aromatic heterocycles. The summed E-state index contributed by atoms with van der Waals surface area (Å²) in [6.45, 7) is 9.79. The van der Waals surface area contributed by atoms with Crippen molar-refractivity contribution in [2.45, 2.75) is 38.8 Å². The van der Waals surface area contributed by atoms with Gasteiger partial charge >= 0.3 is 202 Å². The van der Waals surface area contributed by atoms with E-state index in [9.17, 15) is 0 Å². The van der Waals surface area contributed by atoms with E-state index in [4.69, 9.17) is 0 Å². The molecule has 0 saturated heterocycles. The van der Waals surface area contributed by atoms with Crippen LogP contribution in [0.2, 0.25) is 13.1 Å². The molecule has 0 N–H and O–H groups in total. The number of halogens is 2. The third kappa shape index (κ3) is 3.91. The van der Waals surface area contributed by atoms with Crippen LogP contribution in [0, 0.1) is 13.8 Å². The summed E-state index contributed by atoms with van der Waals surface area (Å²) in [5.74, 6) is 0.0237. The van der Waals surface area contributed by atoms with Gasteiger partial charge in [0.1, 0.15) is 0 Å². The maximum Gasteiger partial charge on any atom is -1.00 e. The first kappa shape index (κ1) is 25.6. The molecule has 2 unspecified atom stereocenters. The van der Waals surface area contributed by atoms with Crippen molar-refractivity contribution in [3.05, 3.63) is 130 Å². The molecule has 4 heteroatoms. The average Bonchev–Trinajstić information content (AvgIpc) is 3.27. The van der Waals surface area contributed by atoms with E-state index in [-0.39, 0.29) is 24.8 Å². The van der Waals surface area contributed by atoms with Gasteiger partial charge in [-0.15, -0.1) is 0 Å². The summed E-state index contributed by atoms with van der Waals surface area (Å²) < 4.78 is 3.64. The Bertz CT molecular complexity index is 1240. The van der Waals surface area contributed by atoms with Crippen LogP contribution in [0.4, 0.5) is 0 Å². The predicted molar refractivity (Wildman–Crippen MR) is 137 cm³/mol. The van der Waals surface area contributed by atoms with Crippen LogP contribution in [0.3, 0.4) is 0 Å². The van der Waals surface area contributed by atoms with Crippen LogP contribution >= 0.6 is 0 Å². The van der Waals surface area contributed by atoms with Crippen LogP contribution in [0.5, 0.6) is 0 Å². The summed E-state index contributed by atoms with van der Waals surface area (Å²) in [7, 11) is 0. The summed E-state index contributed by atoms with van der Waals surface area (Å²) in [5.41, 5.74) is 12.3. The second-order valence-electron chi connectivity index (χ2n) is 9.85. The number of fused-ring (bicyclic) bond motifs is 6. The van der Waals surface area contributed by atoms with Gasteiger partial charge in [0, 0.05) is 0 Å². The van der Waals surface area contributed by atoms with Crippen molar-refractivity contribution in [2.75, 3.05) is 0 Å². The van der Waals surface area contributed by atoms with Crippen molar-refractivity contribution >= 4 is 12.6 Å². The fourth-order valence-electron chi connectivity index (χ4n) is 6.03. The van der Waals surface area contributed by atoms with Crippen LogP contribution in [0.15, 0.2) is 96.2 Å². The Morgan fingerprint density at radius 1 is 0.647 bits per heavy atom. The first-order valence-corrected chi connectivity index (χ1v) is 24.5. The molecule has 0 fully saturated rings. The monoisotopic (exact) mass is 667 g/mol. The molecular formula is C30H29Cl2HfSi. The van der Waals surface area contributed by atoms with Gasteiger partial charge in [0.15, 0.2) is 0 Å². The van der Waals surface area contributed by atoms with Gasteiger partial charge < -0.3 is 24.8 Å². The van der Waals surface area contributed by atoms with Gasteiger partial charge in [-0.1, -0.05) is 0 Å². The van der Waals surface area contributed by atoms with E-state index in [2.05, 4.69) is 112 Å². The number of rotatable bonds is 3. The molecule has 4 aliphatic rings. The Balaban J connectivity index is 0.00000137. The van der Waals surface area contributed by atoms with E-state index >= 15 is 0 Å². The van der Waals surface area contributed by atoms with Crippen molar-refractivity contribution in [1.29, 1.82) is 0 Å². The zero-order valence-corrected chi connectivity index (χ0v) is 26.3. The van der Waals surface area contributed by atoms with E-state index in [0.717, 1.165) is 0 Å². The predicted octanol–water partition coefficient (Wildman–Crippen LogP) is 1.48. The largest absolute Gasteiger partial charge is 1.00 e. The van der Waals surface area contributed by atoms with Crippen LogP contribution < -0.4 is 24.8 Å². The van der Waals surface area contributed by atoms with E-state index < -0.39 is 26.6 Å². The van der Waals surface area contributed by atoms with Gasteiger partial charge in [-0.25, -0.2) is 0 Å². The van der Waals surface area contributed by atoms with E-state index in [1.807, 2.05) is 6.66 Å². The van der Waals surface area contributed by atoms with Crippen LogP contribution in [-0.2, 0) is 20.6 Å². The minimum atomic E-state index is -2.40. The maximum absolute atomic E-state index is 2.64. The summed E-state index contributed by atoms with van der Waals surface area (Å²) in [5, 5.41) is 0. The Hall–Kier alpha value is -1.45. The first-order valence-electron chi connectivity index (χ1n) is 11.8. The minimum Gasteiger partial charge on any atom is -1.00 e. The average molecular weight is 667 g/mol. The summed E-state index contributed by atoms with van der Waals surface area (Å²) >= 11 is -2.40. The molecule has 2 aromatic carbocycles. The molecule has 171 valence electrons. The molecule has 0 spiro atoms. The number of benzene rings is 2. The third-order valence-corrected chi connectivity index (χ3v) is 33.6. The molecule has 2 aromatic rings. The minimum absolute atomic E-state index is 0. The van der Waals surface area contributed by atoms with Gasteiger partial charge in [-0.05, 0) is 0 Å². The maximum atomic E-state index is 2.64. The Labute approximate surface area is 224 Å². The molecule has 34 heavy (non-hydrogen) atoms. The van der Waals surface area contributed by atoms with Crippen LogP contribution in [-0.4, -0.2) is 5.98 Å². The number of hydrogen-bond acceptors (Lipinski definition) is 0. The molecule has 0 bridgehead atoms. The first-order chi connectivity index (χ1) is 15.5. The van der Waals surface area contributed by atoms with Crippen molar-refractivity contribution < 1.29 is 45.4 Å². The topological polar surface area (TPSA) is 0 Å². The molecule has 2 atom stereocenters. The Kier molecular flexibility index (Phi) is 7.46. The van der Waals surface area contributed by atoms with E-state index in [1.165, 1.54) is 11.1 Å². The van der Waals surface area contributed by atoms with Gasteiger partial charge in [0.2, 0.25) is 0 Å². The van der Waals surface area contributed by atoms with Crippen LogP contribution in [0.1, 0.15) is 45.2 Å². The van der Waals surface area contributed by atoms with Crippen LogP contribution in [0.25, 0.3) is 6.66 Å². The molecule has 0 saturated carbocycles. The van der Waals surface area contributed by atoms with Crippen molar-refractivity contribution in [1.82, 2.24) is 0 Å². The molecule has 0 amide bonds. The quantitative estimate of drug-likeness (QED) is 0.436. The van der Waals surface area contributed by atoms with Gasteiger partial charge in [-0.2, -0.15) is 0 Å². The Morgan fingerprint density at radius 2 is 1.09 bits per heavy atom. The molecule has 6 rings (SSSR count). The van der Waals surface area contributed by atoms with Gasteiger partial charge in [0.25, 0.3) is 0 Å². The van der Waals surface area contributed by atoms with Gasteiger partial charge in [0.05, 0.1) is 0 Å². The molecule has 0 nitrogen and oxygen atoms in total. The fraction of sp³-hybridized carbons (Fsp3) is 0.200. The summed E-state index contributed by atoms with van der Waals surface area (Å²) in [6.07, 6.45) is 18.8. The number of allylic oxidation sites excluding steroid dienone is 10. The van der Waals surface area contributed by atoms with Crippen molar-refractivity contribution in [2.24, 2.45) is 0 Å². The van der Waals surface area contributed by atoms with Crippen molar-refractivity contribution in [3.63, 3.8) is 0 Å². The number of hydrogen-bond donors (Lipinski definition) is 0. The second-order valence-corrected chi connectivity index (χ2v) is 35.9. The molecule has 0 aliphatic heterocycles. The second kappa shape index (κ2) is 9.89. The molecule has 0 heterocycles. The Morgan fingerprint density at radius 3 is 1.50 bits per heavy atom. The SMILES string of the molecule is Cc1ccc2c(c1)[C]([Hf+2]([C]1=C3C=CC=CC3c3ccc(C)cc31)[SiH](C)C)=C1C=CC=CC12.[Cl-].[Cl-]. The summed E-state index contributed by atoms with van der Waals surface area (Å²) in [6, 6.07) is 14.4. The smallest absolute Gasteiger partial charge is 1.00 e. The van der Waals surface area contributed by atoms with E-state index in [1.54, 1.807) is 33.4 Å². The zero-order valence-electron chi connectivity index (χ0n) is 20.1. The number of aryl methyl sites for hydroxylation is 2. The standard InChI is InChI=1S/2C14H11.C2H7Si.2ClH.Hf/c2*1-10-6-7-14-12(8-10)9-11-4-2-3-5-13(11)14;1-3-2;;;/h2*2-8,13H,1H3;3H,1-2H3;2*1H;/q;;;;;+2/p-2. The molecular weight excluding hydrogens is 638 g/mol. The third-order valence-electron chi connectivity index (χ3n) is 7.37. The molecule has 4 aliphatic carbocycles. The normalized spacial score (nSPS) is 20.6. The molecule has 0 radical (unpaired) electrons. The van der Waals surface area contributed by atoms with Gasteiger partial charge in [-0.3, -0.25) is 0 Å². The summed E-state index contributed by atoms with van der Waals surface area (Å²) in [4.78, 5) is 0. The zero-order chi connectivity index (χ0) is 22.0. The van der Waals surface area contributed by atoms with Crippen molar-refractivity contribution in [3.8, 4) is 0 Å². The fourth-order valence-corrected chi connectivity index (χ4v) is 33.4. The van der Waals surface area contributed by atoms with E-state index in [0.29, 0.717) is 11.8 Å².